The van der Waals surface area contributed by atoms with E-state index in [1.165, 1.54) is 18.3 Å². The van der Waals surface area contributed by atoms with Gasteiger partial charge in [-0.1, -0.05) is 47.5 Å². The summed E-state index contributed by atoms with van der Waals surface area (Å²) in [5, 5.41) is 18.4. The van der Waals surface area contributed by atoms with Crippen molar-refractivity contribution in [2.75, 3.05) is 0 Å². The van der Waals surface area contributed by atoms with Crippen molar-refractivity contribution in [2.24, 2.45) is 5.10 Å². The van der Waals surface area contributed by atoms with E-state index in [4.69, 9.17) is 32.4 Å². The number of furan rings is 1. The molecule has 0 amide bonds. The number of nitro benzene ring substituents is 1. The number of hydrogen-bond acceptors (Lipinski definition) is 7. The molecule has 6 rings (SSSR count). The lowest BCUT2D eigenvalue weighted by molar-refractivity contribution is -0.385. The van der Waals surface area contributed by atoms with Gasteiger partial charge in [-0.2, -0.15) is 9.78 Å². The van der Waals surface area contributed by atoms with Crippen LogP contribution in [0.15, 0.2) is 105 Å². The Kier molecular flexibility index (Phi) is 6.96. The van der Waals surface area contributed by atoms with Crippen molar-refractivity contribution in [1.82, 2.24) is 9.66 Å². The molecule has 9 nitrogen and oxygen atoms in total. The molecule has 202 valence electrons. The fourth-order valence-electron chi connectivity index (χ4n) is 4.26. The monoisotopic (exact) mass is 584 g/mol. The summed E-state index contributed by atoms with van der Waals surface area (Å²) in [5.41, 5.74) is 1.53. The molecular weight excluding hydrogens is 567 g/mol. The van der Waals surface area contributed by atoms with Crippen LogP contribution in [0.4, 0.5) is 5.69 Å². The first-order valence-electron chi connectivity index (χ1n) is 12.3. The largest absolute Gasteiger partial charge is 0.482 e. The first kappa shape index (κ1) is 26.2. The minimum Gasteiger partial charge on any atom is -0.482 e. The Hall–Kier alpha value is -4.99. The topological polar surface area (TPSA) is 113 Å². The lowest BCUT2D eigenvalue weighted by Crippen LogP contribution is -2.20. The minimum absolute atomic E-state index is 0.0910. The normalized spacial score (nSPS) is 11.5. The predicted octanol–water partition coefficient (Wildman–Crippen LogP) is 7.49. The van der Waals surface area contributed by atoms with E-state index in [1.54, 1.807) is 78.9 Å². The summed E-state index contributed by atoms with van der Waals surface area (Å²) in [6, 6.07) is 25.2. The van der Waals surface area contributed by atoms with E-state index in [-0.39, 0.29) is 23.9 Å². The summed E-state index contributed by atoms with van der Waals surface area (Å²) in [4.78, 5) is 29.4. The zero-order valence-electron chi connectivity index (χ0n) is 21.0. The molecule has 0 aliphatic heterocycles. The number of halogens is 2. The highest BCUT2D eigenvalue weighted by atomic mass is 35.5. The van der Waals surface area contributed by atoms with Crippen LogP contribution in [0.5, 0.6) is 5.75 Å². The van der Waals surface area contributed by atoms with Crippen LogP contribution in [0, 0.1) is 10.1 Å². The molecule has 0 radical (unpaired) electrons. The van der Waals surface area contributed by atoms with Crippen LogP contribution in [-0.4, -0.2) is 20.8 Å². The molecule has 2 heterocycles. The molecule has 11 heteroatoms. The van der Waals surface area contributed by atoms with Gasteiger partial charge in [-0.25, -0.2) is 4.98 Å². The van der Waals surface area contributed by atoms with Crippen molar-refractivity contribution in [3.63, 3.8) is 0 Å². The van der Waals surface area contributed by atoms with Gasteiger partial charge >= 0.3 is 5.69 Å². The van der Waals surface area contributed by atoms with Crippen molar-refractivity contribution in [2.45, 2.75) is 6.61 Å². The number of benzene rings is 4. The third-order valence-electron chi connectivity index (χ3n) is 6.26. The third kappa shape index (κ3) is 5.41. The third-order valence-corrected chi connectivity index (χ3v) is 6.75. The van der Waals surface area contributed by atoms with E-state index >= 15 is 0 Å². The zero-order valence-corrected chi connectivity index (χ0v) is 22.5. The van der Waals surface area contributed by atoms with E-state index in [0.717, 1.165) is 15.6 Å². The van der Waals surface area contributed by atoms with Crippen LogP contribution in [0.1, 0.15) is 11.1 Å². The van der Waals surface area contributed by atoms with Crippen LogP contribution in [0.3, 0.4) is 0 Å². The molecule has 0 fully saturated rings. The number of hydrogen-bond donors (Lipinski definition) is 0. The van der Waals surface area contributed by atoms with E-state index in [1.807, 2.05) is 0 Å². The molecule has 0 aliphatic carbocycles. The van der Waals surface area contributed by atoms with Crippen molar-refractivity contribution in [3.05, 3.63) is 133 Å². The smallest absolute Gasteiger partial charge is 0.311 e. The molecule has 0 unspecified atom stereocenters. The maximum absolute atomic E-state index is 13.5. The fraction of sp³-hybridized carbons (Fsp3) is 0.0333. The fourth-order valence-corrected chi connectivity index (χ4v) is 4.57. The average molecular weight is 585 g/mol. The Morgan fingerprint density at radius 3 is 2.56 bits per heavy atom. The number of ether oxygens (including phenoxy) is 1. The molecule has 0 atom stereocenters. The second-order valence-corrected chi connectivity index (χ2v) is 9.88. The van der Waals surface area contributed by atoms with Gasteiger partial charge in [0.1, 0.15) is 12.2 Å². The maximum atomic E-state index is 13.5. The summed E-state index contributed by atoms with van der Waals surface area (Å²) < 4.78 is 12.8. The van der Waals surface area contributed by atoms with Gasteiger partial charge < -0.3 is 9.15 Å². The van der Waals surface area contributed by atoms with E-state index < -0.39 is 10.5 Å². The van der Waals surface area contributed by atoms with Crippen LogP contribution < -0.4 is 10.3 Å². The van der Waals surface area contributed by atoms with Crippen molar-refractivity contribution < 1.29 is 14.1 Å². The zero-order chi connectivity index (χ0) is 28.5. The molecule has 0 spiro atoms. The summed E-state index contributed by atoms with van der Waals surface area (Å²) >= 11 is 12.0. The van der Waals surface area contributed by atoms with Crippen molar-refractivity contribution >= 4 is 57.0 Å². The molecule has 4 aromatic carbocycles. The molecule has 0 aliphatic rings. The maximum Gasteiger partial charge on any atom is 0.311 e. The second kappa shape index (κ2) is 10.9. The molecule has 0 bridgehead atoms. The molecule has 6 aromatic rings. The molecule has 0 N–H and O–H groups in total. The van der Waals surface area contributed by atoms with Crippen LogP contribution in [-0.2, 0) is 6.61 Å². The first-order chi connectivity index (χ1) is 19.9. The standard InChI is InChI=1S/C30H18Cl2N4O5/c31-21-8-5-18(6-9-21)17-40-27-11-7-19(13-25(27)36(38)39)16-33-35-29(34-24-4-2-1-3-23(24)30(35)37)28-15-20-14-22(32)10-12-26(20)41-28/h1-16H,17H2. The lowest BCUT2D eigenvalue weighted by atomic mass is 10.2. The summed E-state index contributed by atoms with van der Waals surface area (Å²) in [6.07, 6.45) is 1.34. The predicted molar refractivity (Wildman–Crippen MR) is 158 cm³/mol. The van der Waals surface area contributed by atoms with E-state index in [2.05, 4.69) is 10.1 Å². The number of aromatic nitrogens is 2. The summed E-state index contributed by atoms with van der Waals surface area (Å²) in [7, 11) is 0. The summed E-state index contributed by atoms with van der Waals surface area (Å²) in [5.74, 6) is 0.558. The number of nitrogens with zero attached hydrogens (tertiary/aromatic N) is 4. The Bertz CT molecular complexity index is 2030. The van der Waals surface area contributed by atoms with E-state index in [9.17, 15) is 14.9 Å². The minimum atomic E-state index is -0.538. The number of rotatable bonds is 7. The Morgan fingerprint density at radius 1 is 0.976 bits per heavy atom. The molecule has 41 heavy (non-hydrogen) atoms. The lowest BCUT2D eigenvalue weighted by Gasteiger charge is -2.08. The van der Waals surface area contributed by atoms with Gasteiger partial charge in [0.25, 0.3) is 5.56 Å². The van der Waals surface area contributed by atoms with Gasteiger partial charge in [0.15, 0.2) is 11.5 Å². The highest BCUT2D eigenvalue weighted by molar-refractivity contribution is 6.31. The van der Waals surface area contributed by atoms with Gasteiger partial charge in [-0.3, -0.25) is 14.9 Å². The van der Waals surface area contributed by atoms with Gasteiger partial charge in [-0.15, -0.1) is 0 Å². The van der Waals surface area contributed by atoms with Gasteiger partial charge in [0.05, 0.1) is 22.0 Å². The van der Waals surface area contributed by atoms with Gasteiger partial charge in [0.2, 0.25) is 5.82 Å². The quantitative estimate of drug-likeness (QED) is 0.109. The van der Waals surface area contributed by atoms with Gasteiger partial charge in [-0.05, 0) is 66.2 Å². The number of nitro groups is 1. The van der Waals surface area contributed by atoms with Crippen LogP contribution >= 0.6 is 23.2 Å². The highest BCUT2D eigenvalue weighted by Crippen LogP contribution is 2.30. The van der Waals surface area contributed by atoms with Crippen molar-refractivity contribution in [3.8, 4) is 17.3 Å². The Morgan fingerprint density at radius 2 is 1.76 bits per heavy atom. The van der Waals surface area contributed by atoms with Gasteiger partial charge in [0, 0.05) is 27.1 Å². The highest BCUT2D eigenvalue weighted by Gasteiger charge is 2.18. The molecule has 0 saturated carbocycles. The SMILES string of the molecule is O=c1c2ccccc2nc(-c2cc3cc(Cl)ccc3o2)n1N=Cc1ccc(OCc2ccc(Cl)cc2)c([N+](=O)[O-])c1. The molecular formula is C30H18Cl2N4O5. The Balaban J connectivity index is 1.38. The molecule has 2 aromatic heterocycles. The summed E-state index contributed by atoms with van der Waals surface area (Å²) in [6.45, 7) is 0.121. The second-order valence-electron chi connectivity index (χ2n) is 9.01. The van der Waals surface area contributed by atoms with Crippen LogP contribution in [0.2, 0.25) is 10.0 Å². The number of para-hydroxylation sites is 1. The number of fused-ring (bicyclic) bond motifs is 2. The Labute approximate surface area is 242 Å². The van der Waals surface area contributed by atoms with E-state index in [0.29, 0.717) is 37.9 Å². The van der Waals surface area contributed by atoms with Crippen LogP contribution in [0.25, 0.3) is 33.5 Å². The first-order valence-corrected chi connectivity index (χ1v) is 13.0. The van der Waals surface area contributed by atoms with Crippen molar-refractivity contribution in [1.29, 1.82) is 0 Å². The average Bonchev–Trinajstić information content (AvgIpc) is 3.39. The molecule has 0 saturated heterocycles.